The van der Waals surface area contributed by atoms with Gasteiger partial charge in [0.1, 0.15) is 0 Å². The average molecular weight is 420 g/mol. The highest BCUT2D eigenvalue weighted by Crippen LogP contribution is 2.17. The third-order valence-electron chi connectivity index (χ3n) is 4.07. The normalized spacial score (nSPS) is 31.2. The average Bonchev–Trinajstić information content (AvgIpc) is 2.95. The second kappa shape index (κ2) is 12.8. The largest absolute Gasteiger partial charge is 0.464 e. The van der Waals surface area contributed by atoms with Gasteiger partial charge in [0.05, 0.1) is 65.6 Å². The monoisotopic (exact) mass is 420 g/mol. The molecule has 0 bridgehead atoms. The molecule has 29 heavy (non-hydrogen) atoms. The Hall–Kier alpha value is -1.63. The molecule has 2 unspecified atom stereocenters. The van der Waals surface area contributed by atoms with Gasteiger partial charge in [0.15, 0.2) is 18.3 Å². The summed E-state index contributed by atoms with van der Waals surface area (Å²) in [6.07, 6.45) is -3.71. The van der Waals surface area contributed by atoms with Gasteiger partial charge in [0.2, 0.25) is 0 Å². The molecule has 0 aliphatic carbocycles. The Morgan fingerprint density at radius 3 is 1.83 bits per heavy atom. The number of carbonyl (C=O) groups excluding carboxylic acids is 3. The summed E-state index contributed by atoms with van der Waals surface area (Å²) in [6.45, 7) is 4.84. The summed E-state index contributed by atoms with van der Waals surface area (Å²) >= 11 is 0. The molecule has 2 heterocycles. The van der Waals surface area contributed by atoms with E-state index in [9.17, 15) is 14.4 Å². The SMILES string of the molecule is CCOC(=O)C1OCCOCCO[C@@H]2C(=O)OC(=O)C2OCCOCCO[C@@H]1C. The van der Waals surface area contributed by atoms with Gasteiger partial charge < -0.3 is 37.9 Å². The molecule has 2 rings (SSSR count). The van der Waals surface area contributed by atoms with Crippen molar-refractivity contribution in [2.24, 2.45) is 0 Å². The molecular formula is C18H28O11. The van der Waals surface area contributed by atoms with Crippen molar-refractivity contribution in [1.82, 2.24) is 0 Å². The minimum Gasteiger partial charge on any atom is -0.464 e. The Bertz CT molecular complexity index is 538. The third kappa shape index (κ3) is 7.61. The summed E-state index contributed by atoms with van der Waals surface area (Å²) in [4.78, 5) is 35.5. The van der Waals surface area contributed by atoms with Crippen molar-refractivity contribution in [3.63, 3.8) is 0 Å². The quantitative estimate of drug-likeness (QED) is 0.413. The summed E-state index contributed by atoms with van der Waals surface area (Å²) in [7, 11) is 0. The molecule has 0 aromatic rings. The molecule has 2 fully saturated rings. The van der Waals surface area contributed by atoms with E-state index in [1.165, 1.54) is 0 Å². The van der Waals surface area contributed by atoms with E-state index in [1.54, 1.807) is 13.8 Å². The first kappa shape index (κ1) is 23.6. The highest BCUT2D eigenvalue weighted by molar-refractivity contribution is 5.99. The highest BCUT2D eigenvalue weighted by atomic mass is 16.7. The lowest BCUT2D eigenvalue weighted by Gasteiger charge is -2.23. The van der Waals surface area contributed by atoms with Crippen LogP contribution in [0.5, 0.6) is 0 Å². The van der Waals surface area contributed by atoms with E-state index in [2.05, 4.69) is 4.74 Å². The lowest BCUT2D eigenvalue weighted by atomic mass is 10.2. The van der Waals surface area contributed by atoms with Gasteiger partial charge in [-0.15, -0.1) is 0 Å². The third-order valence-corrected chi connectivity index (χ3v) is 4.07. The maximum Gasteiger partial charge on any atom is 0.346 e. The fraction of sp³-hybridized carbons (Fsp3) is 0.833. The standard InChI is InChI=1S/C18H28O11/c1-3-24-16(19)13-12(2)25-8-4-22-6-10-27-14-15(18(21)29-17(14)20)28-11-7-23-5-9-26-13/h12-15H,3-11H2,1-2H3/t12-,13?,14?,15+/m1/s1. The van der Waals surface area contributed by atoms with Crippen LogP contribution >= 0.6 is 0 Å². The Balaban J connectivity index is 1.89. The zero-order valence-corrected chi connectivity index (χ0v) is 16.7. The summed E-state index contributed by atoms with van der Waals surface area (Å²) in [5.41, 5.74) is 0. The zero-order valence-electron chi connectivity index (χ0n) is 16.7. The van der Waals surface area contributed by atoms with Gasteiger partial charge in [0.25, 0.3) is 0 Å². The molecule has 0 N–H and O–H groups in total. The van der Waals surface area contributed by atoms with Crippen LogP contribution in [0.3, 0.4) is 0 Å². The van der Waals surface area contributed by atoms with Crippen LogP contribution < -0.4 is 0 Å². The van der Waals surface area contributed by atoms with Crippen molar-refractivity contribution >= 4 is 17.9 Å². The minimum absolute atomic E-state index is 0.0459. The molecule has 2 aliphatic heterocycles. The van der Waals surface area contributed by atoms with Crippen LogP contribution in [0, 0.1) is 0 Å². The van der Waals surface area contributed by atoms with Gasteiger partial charge >= 0.3 is 17.9 Å². The van der Waals surface area contributed by atoms with Crippen molar-refractivity contribution in [3.05, 3.63) is 0 Å². The number of cyclic esters (lactones) is 2. The van der Waals surface area contributed by atoms with Crippen LogP contribution in [-0.4, -0.2) is 102 Å². The zero-order chi connectivity index (χ0) is 21.1. The summed E-state index contributed by atoms with van der Waals surface area (Å²) in [5, 5.41) is 0. The Kier molecular flexibility index (Phi) is 10.5. The number of fused-ring (bicyclic) bond motifs is 1. The van der Waals surface area contributed by atoms with E-state index in [0.717, 1.165) is 0 Å². The maximum absolute atomic E-state index is 12.1. The summed E-state index contributed by atoms with van der Waals surface area (Å²) in [5.74, 6) is -2.09. The number of esters is 3. The first-order valence-electron chi connectivity index (χ1n) is 9.58. The predicted octanol–water partition coefficient (Wildman–Crippen LogP) is -0.760. The topological polar surface area (TPSA) is 125 Å². The van der Waals surface area contributed by atoms with E-state index in [-0.39, 0.29) is 59.5 Å². The number of hydrogen-bond donors (Lipinski definition) is 0. The van der Waals surface area contributed by atoms with Crippen molar-refractivity contribution in [2.45, 2.75) is 38.3 Å². The molecule has 0 amide bonds. The molecule has 0 aromatic heterocycles. The fourth-order valence-electron chi connectivity index (χ4n) is 2.68. The molecule has 0 spiro atoms. The van der Waals surface area contributed by atoms with Gasteiger partial charge in [-0.1, -0.05) is 0 Å². The fourth-order valence-corrected chi connectivity index (χ4v) is 2.68. The molecule has 11 heteroatoms. The predicted molar refractivity (Wildman–Crippen MR) is 94.0 cm³/mol. The maximum atomic E-state index is 12.1. The summed E-state index contributed by atoms with van der Waals surface area (Å²) in [6, 6.07) is 0. The summed E-state index contributed by atoms with van der Waals surface area (Å²) < 4.78 is 42.3. The second-order valence-corrected chi connectivity index (χ2v) is 6.17. The lowest BCUT2D eigenvalue weighted by Crippen LogP contribution is -2.39. The number of hydrogen-bond acceptors (Lipinski definition) is 11. The van der Waals surface area contributed by atoms with Crippen LogP contribution in [0.25, 0.3) is 0 Å². The Morgan fingerprint density at radius 2 is 1.31 bits per heavy atom. The van der Waals surface area contributed by atoms with Gasteiger partial charge in [-0.25, -0.2) is 14.4 Å². The van der Waals surface area contributed by atoms with Gasteiger partial charge in [-0.05, 0) is 13.8 Å². The second-order valence-electron chi connectivity index (χ2n) is 6.17. The molecule has 11 nitrogen and oxygen atoms in total. The number of carbonyl (C=O) groups is 3. The van der Waals surface area contributed by atoms with E-state index in [4.69, 9.17) is 33.2 Å². The molecule has 0 aromatic carbocycles. The van der Waals surface area contributed by atoms with Gasteiger partial charge in [-0.3, -0.25) is 0 Å². The number of rotatable bonds is 2. The first-order chi connectivity index (χ1) is 14.0. The Morgan fingerprint density at radius 1 is 0.828 bits per heavy atom. The van der Waals surface area contributed by atoms with E-state index in [1.807, 2.05) is 0 Å². The van der Waals surface area contributed by atoms with Crippen molar-refractivity contribution in [2.75, 3.05) is 59.5 Å². The first-order valence-corrected chi connectivity index (χ1v) is 9.58. The van der Waals surface area contributed by atoms with Crippen molar-refractivity contribution in [3.8, 4) is 0 Å². The smallest absolute Gasteiger partial charge is 0.346 e. The molecular weight excluding hydrogens is 392 g/mol. The molecule has 0 saturated carbocycles. The van der Waals surface area contributed by atoms with E-state index in [0.29, 0.717) is 0 Å². The van der Waals surface area contributed by atoms with E-state index >= 15 is 0 Å². The lowest BCUT2D eigenvalue weighted by molar-refractivity contribution is -0.170. The van der Waals surface area contributed by atoms with Crippen LogP contribution in [0.15, 0.2) is 0 Å². The molecule has 0 radical (unpaired) electrons. The van der Waals surface area contributed by atoms with Crippen LogP contribution in [0.1, 0.15) is 13.8 Å². The molecule has 4 atom stereocenters. The van der Waals surface area contributed by atoms with Gasteiger partial charge in [0, 0.05) is 0 Å². The van der Waals surface area contributed by atoms with E-state index < -0.39 is 42.3 Å². The minimum atomic E-state index is -1.14. The Labute approximate surface area is 168 Å². The number of ether oxygens (including phenoxy) is 8. The molecule has 2 saturated heterocycles. The van der Waals surface area contributed by atoms with Crippen LogP contribution in [0.2, 0.25) is 0 Å². The van der Waals surface area contributed by atoms with Crippen LogP contribution in [0.4, 0.5) is 0 Å². The molecule has 2 aliphatic rings. The van der Waals surface area contributed by atoms with Crippen molar-refractivity contribution in [1.29, 1.82) is 0 Å². The van der Waals surface area contributed by atoms with Crippen LogP contribution in [-0.2, 0) is 52.3 Å². The van der Waals surface area contributed by atoms with Gasteiger partial charge in [-0.2, -0.15) is 0 Å². The highest BCUT2D eigenvalue weighted by Gasteiger charge is 2.46. The molecule has 166 valence electrons. The van der Waals surface area contributed by atoms with Crippen molar-refractivity contribution < 1.29 is 52.3 Å².